The molecule has 48 heavy (non-hydrogen) atoms. The van der Waals surface area contributed by atoms with E-state index in [4.69, 9.17) is 9.47 Å². The number of carbonyl (C=O) groups excluding carboxylic acids is 4. The molecular formula is C36H37IN4O6S. The van der Waals surface area contributed by atoms with Crippen LogP contribution in [0.4, 0.5) is 10.5 Å². The lowest BCUT2D eigenvalue weighted by Crippen LogP contribution is -3.00. The maximum Gasteiger partial charge on any atom is 0.408 e. The monoisotopic (exact) mass is 780 g/mol. The molecule has 3 aromatic rings. The molecule has 3 aliphatic rings. The number of amides is 3. The third kappa shape index (κ3) is 7.44. The van der Waals surface area contributed by atoms with Crippen LogP contribution >= 0.6 is 11.8 Å². The Hall–Kier alpha value is -4.17. The molecule has 10 nitrogen and oxygen atoms in total. The molecule has 2 fully saturated rings. The van der Waals surface area contributed by atoms with Crippen molar-refractivity contribution in [2.75, 3.05) is 17.2 Å². The Bertz CT molecular complexity index is 1740. The quantitative estimate of drug-likeness (QED) is 0.128. The highest BCUT2D eigenvalue weighted by molar-refractivity contribution is 8.00. The molecular weight excluding hydrogens is 743 g/mol. The number of nitrogens with zero attached hydrogens (tertiary/aromatic N) is 3. The Labute approximate surface area is 301 Å². The number of hydrogen-bond acceptors (Lipinski definition) is 7. The third-order valence-electron chi connectivity index (χ3n) is 8.00. The fourth-order valence-electron chi connectivity index (χ4n) is 5.86. The van der Waals surface area contributed by atoms with Crippen LogP contribution in [0.25, 0.3) is 0 Å². The fourth-order valence-corrected chi connectivity index (χ4v) is 7.17. The maximum absolute atomic E-state index is 14.3. The highest BCUT2D eigenvalue weighted by Gasteiger charge is 2.55. The topological polar surface area (TPSA) is 109 Å². The van der Waals surface area contributed by atoms with E-state index in [0.717, 1.165) is 16.8 Å². The lowest BCUT2D eigenvalue weighted by molar-refractivity contribution is -0.670. The van der Waals surface area contributed by atoms with Crippen LogP contribution < -0.4 is 38.8 Å². The molecule has 0 aliphatic carbocycles. The molecule has 0 bridgehead atoms. The molecule has 3 aliphatic heterocycles. The van der Waals surface area contributed by atoms with Gasteiger partial charge < -0.3 is 43.7 Å². The molecule has 2 aromatic carbocycles. The number of aryl methyl sites for hydroxylation is 1. The van der Waals surface area contributed by atoms with E-state index in [1.807, 2.05) is 96.8 Å². The van der Waals surface area contributed by atoms with Gasteiger partial charge >= 0.3 is 12.1 Å². The largest absolute Gasteiger partial charge is 1.00 e. The van der Waals surface area contributed by atoms with Crippen LogP contribution in [0.2, 0.25) is 0 Å². The van der Waals surface area contributed by atoms with Gasteiger partial charge in [0.15, 0.2) is 18.5 Å². The molecule has 6 rings (SSSR count). The number of thioether (sulfide) groups is 1. The normalized spacial score (nSPS) is 19.9. The molecule has 2 saturated heterocycles. The zero-order chi connectivity index (χ0) is 33.3. The molecule has 4 heterocycles. The molecule has 12 heteroatoms. The van der Waals surface area contributed by atoms with Gasteiger partial charge in [-0.2, -0.15) is 0 Å². The SMILES string of the molecule is C[n+]1cccc(N2CCC(=CC3=C(C(=O)OC(c4ccccc4)c4ccccc4)N4C(=O)C(NC(=O)OC(C)(C)C)C4SC3)C2=O)c1.[I-]. The maximum atomic E-state index is 14.3. The van der Waals surface area contributed by atoms with Gasteiger partial charge in [0.1, 0.15) is 35.4 Å². The number of pyridine rings is 1. The first-order valence-corrected chi connectivity index (χ1v) is 16.5. The number of halogens is 1. The number of benzene rings is 2. The van der Waals surface area contributed by atoms with Crippen molar-refractivity contribution >= 4 is 41.3 Å². The van der Waals surface area contributed by atoms with Crippen LogP contribution in [0.1, 0.15) is 44.4 Å². The average Bonchev–Trinajstić information content (AvgIpc) is 3.41. The van der Waals surface area contributed by atoms with E-state index in [2.05, 4.69) is 5.32 Å². The minimum Gasteiger partial charge on any atom is -1.00 e. The van der Waals surface area contributed by atoms with E-state index >= 15 is 0 Å². The molecule has 2 unspecified atom stereocenters. The lowest BCUT2D eigenvalue weighted by Gasteiger charge is -2.49. The van der Waals surface area contributed by atoms with Crippen molar-refractivity contribution in [2.24, 2.45) is 7.05 Å². The van der Waals surface area contributed by atoms with Crippen molar-refractivity contribution in [3.8, 4) is 0 Å². The smallest absolute Gasteiger partial charge is 0.408 e. The van der Waals surface area contributed by atoms with Gasteiger partial charge in [-0.25, -0.2) is 14.2 Å². The van der Waals surface area contributed by atoms with Gasteiger partial charge in [-0.05, 0) is 56.0 Å². The Morgan fingerprint density at radius 3 is 2.25 bits per heavy atom. The Balaban J connectivity index is 0.00000451. The molecule has 2 atom stereocenters. The summed E-state index contributed by atoms with van der Waals surface area (Å²) in [5.74, 6) is -0.984. The number of ether oxygens (including phenoxy) is 2. The van der Waals surface area contributed by atoms with E-state index in [1.165, 1.54) is 16.7 Å². The predicted octanol–water partition coefficient (Wildman–Crippen LogP) is 1.57. The van der Waals surface area contributed by atoms with Crippen LogP contribution in [0.3, 0.4) is 0 Å². The summed E-state index contributed by atoms with van der Waals surface area (Å²) in [4.78, 5) is 57.2. The number of allylic oxidation sites excluding steroid dienone is 1. The number of β-lactam (4-membered cyclic amide) rings is 1. The third-order valence-corrected chi connectivity index (χ3v) is 9.30. The number of hydrogen-bond donors (Lipinski definition) is 1. The summed E-state index contributed by atoms with van der Waals surface area (Å²) < 4.78 is 13.5. The fraction of sp³-hybridized carbons (Fsp3) is 0.306. The van der Waals surface area contributed by atoms with Crippen LogP contribution in [-0.2, 0) is 30.9 Å². The molecule has 3 amide bonds. The van der Waals surface area contributed by atoms with Gasteiger partial charge in [-0.1, -0.05) is 60.7 Å². The van der Waals surface area contributed by atoms with E-state index in [9.17, 15) is 19.2 Å². The second-order valence-electron chi connectivity index (χ2n) is 12.6. The Morgan fingerprint density at radius 2 is 1.65 bits per heavy atom. The molecule has 0 radical (unpaired) electrons. The predicted molar refractivity (Wildman–Crippen MR) is 177 cm³/mol. The first-order valence-electron chi connectivity index (χ1n) is 15.5. The van der Waals surface area contributed by atoms with Crippen molar-refractivity contribution in [2.45, 2.75) is 50.3 Å². The van der Waals surface area contributed by atoms with E-state index in [-0.39, 0.29) is 35.6 Å². The van der Waals surface area contributed by atoms with Crippen LogP contribution in [0.5, 0.6) is 0 Å². The minimum absolute atomic E-state index is 0. The molecule has 0 spiro atoms. The van der Waals surface area contributed by atoms with Crippen molar-refractivity contribution < 1.29 is 57.2 Å². The first kappa shape index (κ1) is 35.1. The number of fused-ring (bicyclic) bond motifs is 1. The molecule has 1 N–H and O–H groups in total. The minimum atomic E-state index is -0.881. The van der Waals surface area contributed by atoms with Gasteiger partial charge in [0.05, 0.1) is 0 Å². The van der Waals surface area contributed by atoms with E-state index < -0.39 is 41.1 Å². The van der Waals surface area contributed by atoms with Gasteiger partial charge in [0.2, 0.25) is 0 Å². The summed E-state index contributed by atoms with van der Waals surface area (Å²) in [6.45, 7) is 5.72. The number of esters is 1. The van der Waals surface area contributed by atoms with Gasteiger partial charge in [-0.15, -0.1) is 11.8 Å². The highest BCUT2D eigenvalue weighted by Crippen LogP contribution is 2.43. The summed E-state index contributed by atoms with van der Waals surface area (Å²) in [6, 6.07) is 21.7. The number of aromatic nitrogens is 1. The number of carbonyl (C=O) groups is 4. The molecule has 250 valence electrons. The Morgan fingerprint density at radius 1 is 1.00 bits per heavy atom. The summed E-state index contributed by atoms with van der Waals surface area (Å²) >= 11 is 1.41. The number of anilines is 1. The summed E-state index contributed by atoms with van der Waals surface area (Å²) in [5, 5.41) is 2.12. The standard InChI is InChI=1S/C36H36N4O6S.HI/c1-36(2,3)46-35(44)37-28-32(42)40-29(34(43)45-30(23-12-7-5-8-13-23)24-14-9-6-10-15-24)26(22-47-33(28)40)20-25-17-19-39(31(25)41)27-16-11-18-38(4)21-27;/h5-16,18,20-21,28,30,33H,17,19,22H2,1-4H3;1H. The first-order chi connectivity index (χ1) is 22.5. The summed E-state index contributed by atoms with van der Waals surface area (Å²) in [5.41, 5.74) is 2.70. The van der Waals surface area contributed by atoms with Gasteiger partial charge in [0, 0.05) is 23.9 Å². The van der Waals surface area contributed by atoms with E-state index in [0.29, 0.717) is 29.9 Å². The number of rotatable bonds is 7. The lowest BCUT2D eigenvalue weighted by atomic mass is 10.00. The van der Waals surface area contributed by atoms with Crippen LogP contribution in [-0.4, -0.2) is 58.1 Å². The second kappa shape index (κ2) is 14.5. The van der Waals surface area contributed by atoms with Crippen LogP contribution in [0.15, 0.2) is 108 Å². The zero-order valence-electron chi connectivity index (χ0n) is 27.1. The van der Waals surface area contributed by atoms with E-state index in [1.54, 1.807) is 31.7 Å². The van der Waals surface area contributed by atoms with Crippen molar-refractivity contribution in [1.82, 2.24) is 10.2 Å². The Kier molecular flexibility index (Phi) is 10.6. The molecule has 1 aromatic heterocycles. The number of alkyl carbamates (subject to hydrolysis) is 1. The van der Waals surface area contributed by atoms with Gasteiger partial charge in [0.25, 0.3) is 11.8 Å². The second-order valence-corrected chi connectivity index (χ2v) is 13.7. The highest BCUT2D eigenvalue weighted by atomic mass is 127. The van der Waals surface area contributed by atoms with Crippen LogP contribution in [0, 0.1) is 0 Å². The molecule has 0 saturated carbocycles. The van der Waals surface area contributed by atoms with Crippen molar-refractivity contribution in [3.63, 3.8) is 0 Å². The number of nitrogens with one attached hydrogen (secondary N) is 1. The summed E-state index contributed by atoms with van der Waals surface area (Å²) in [7, 11) is 1.90. The summed E-state index contributed by atoms with van der Waals surface area (Å²) in [6.07, 6.45) is 4.53. The zero-order valence-corrected chi connectivity index (χ0v) is 30.1. The van der Waals surface area contributed by atoms with Crippen molar-refractivity contribution in [3.05, 3.63) is 119 Å². The van der Waals surface area contributed by atoms with Gasteiger partial charge in [-0.3, -0.25) is 14.5 Å². The van der Waals surface area contributed by atoms with Crippen molar-refractivity contribution in [1.29, 1.82) is 0 Å². The average molecular weight is 781 g/mol.